The Morgan fingerprint density at radius 3 is 1.89 bits per heavy atom. The molecule has 10 rings (SSSR count). The molecule has 2 aromatic heterocycles. The van der Waals surface area contributed by atoms with Crippen LogP contribution in [0.2, 0.25) is 0 Å². The van der Waals surface area contributed by atoms with Crippen molar-refractivity contribution in [3.8, 4) is 33.4 Å². The van der Waals surface area contributed by atoms with E-state index < -0.39 is 0 Å². The fraction of sp³-hybridized carbons (Fsp3) is 0. The van der Waals surface area contributed by atoms with Crippen molar-refractivity contribution < 1.29 is 0 Å². The van der Waals surface area contributed by atoms with Crippen molar-refractivity contribution in [3.05, 3.63) is 164 Å². The summed E-state index contributed by atoms with van der Waals surface area (Å²) in [6, 6.07) is 59.1. The molecule has 9 aromatic rings. The summed E-state index contributed by atoms with van der Waals surface area (Å²) in [4.78, 5) is 7.57. The smallest absolute Gasteiger partial charge is 0.146 e. The summed E-state index contributed by atoms with van der Waals surface area (Å²) in [5.74, 6) is 0. The van der Waals surface area contributed by atoms with Crippen molar-refractivity contribution in [1.82, 2.24) is 9.38 Å². The molecule has 3 nitrogen and oxygen atoms in total. The lowest BCUT2D eigenvalue weighted by atomic mass is 9.92. The number of hydrogen-bond acceptors (Lipinski definition) is 2. The van der Waals surface area contributed by atoms with Gasteiger partial charge in [-0.1, -0.05) is 109 Å². The second-order valence-electron chi connectivity index (χ2n) is 12.0. The first kappa shape index (κ1) is 25.2. The zero-order valence-corrected chi connectivity index (χ0v) is 24.9. The highest BCUT2D eigenvalue weighted by molar-refractivity contribution is 6.15. The largest absolute Gasteiger partial charge is 0.309 e. The molecule has 46 heavy (non-hydrogen) atoms. The van der Waals surface area contributed by atoms with Crippen LogP contribution in [-0.4, -0.2) is 9.38 Å². The molecular weight excluding hydrogens is 558 g/mol. The Morgan fingerprint density at radius 1 is 0.391 bits per heavy atom. The van der Waals surface area contributed by atoms with Crippen LogP contribution in [-0.2, 0) is 0 Å². The number of para-hydroxylation sites is 5. The van der Waals surface area contributed by atoms with Crippen molar-refractivity contribution in [3.63, 3.8) is 0 Å². The van der Waals surface area contributed by atoms with Gasteiger partial charge in [-0.05, 0) is 82.2 Å². The van der Waals surface area contributed by atoms with Crippen LogP contribution in [0.3, 0.4) is 0 Å². The predicted molar refractivity (Wildman–Crippen MR) is 192 cm³/mol. The summed E-state index contributed by atoms with van der Waals surface area (Å²) < 4.78 is 2.32. The minimum Gasteiger partial charge on any atom is -0.309 e. The fourth-order valence-electron chi connectivity index (χ4n) is 7.45. The Labute approximate surface area is 266 Å². The third-order valence-corrected chi connectivity index (χ3v) is 9.49. The van der Waals surface area contributed by atoms with E-state index in [4.69, 9.17) is 4.98 Å². The van der Waals surface area contributed by atoms with E-state index in [1.165, 1.54) is 61.0 Å². The van der Waals surface area contributed by atoms with Crippen LogP contribution in [0.1, 0.15) is 0 Å². The quantitative estimate of drug-likeness (QED) is 0.188. The lowest BCUT2D eigenvalue weighted by molar-refractivity contribution is 1.29. The molecule has 0 aliphatic carbocycles. The molecule has 3 heteroatoms. The monoisotopic (exact) mass is 585 g/mol. The van der Waals surface area contributed by atoms with Gasteiger partial charge in [-0.25, -0.2) is 4.98 Å². The van der Waals surface area contributed by atoms with E-state index in [1.54, 1.807) is 0 Å². The van der Waals surface area contributed by atoms with Gasteiger partial charge in [0.1, 0.15) is 5.65 Å². The van der Waals surface area contributed by atoms with Gasteiger partial charge < -0.3 is 4.90 Å². The summed E-state index contributed by atoms with van der Waals surface area (Å²) in [5, 5.41) is 3.60. The van der Waals surface area contributed by atoms with Crippen LogP contribution >= 0.6 is 0 Å². The molecule has 3 heterocycles. The number of aromatic nitrogens is 2. The van der Waals surface area contributed by atoms with Crippen molar-refractivity contribution in [2.75, 3.05) is 4.90 Å². The second-order valence-corrected chi connectivity index (χ2v) is 12.0. The molecule has 214 valence electrons. The third-order valence-electron chi connectivity index (χ3n) is 9.49. The molecular formula is C43H27N3. The van der Waals surface area contributed by atoms with E-state index in [0.717, 1.165) is 27.8 Å². The number of anilines is 3. The Hall–Kier alpha value is -6.19. The number of rotatable bonds is 2. The third kappa shape index (κ3) is 3.57. The molecule has 1 aliphatic heterocycles. The van der Waals surface area contributed by atoms with E-state index in [1.807, 2.05) is 0 Å². The molecule has 0 saturated carbocycles. The normalized spacial score (nSPS) is 12.3. The highest BCUT2D eigenvalue weighted by atomic mass is 15.1. The summed E-state index contributed by atoms with van der Waals surface area (Å²) in [5.41, 5.74) is 15.1. The maximum Gasteiger partial charge on any atom is 0.146 e. The molecule has 0 unspecified atom stereocenters. The fourth-order valence-corrected chi connectivity index (χ4v) is 7.45. The van der Waals surface area contributed by atoms with Crippen LogP contribution in [0.25, 0.3) is 71.7 Å². The van der Waals surface area contributed by atoms with Crippen LogP contribution in [0.5, 0.6) is 0 Å². The lowest BCUT2D eigenvalue weighted by Gasteiger charge is -2.27. The number of fused-ring (bicyclic) bond motifs is 13. The molecule has 0 saturated heterocycles. The van der Waals surface area contributed by atoms with Crippen LogP contribution in [0.4, 0.5) is 17.1 Å². The number of imidazole rings is 1. The van der Waals surface area contributed by atoms with Gasteiger partial charge in [-0.3, -0.25) is 4.40 Å². The molecule has 0 amide bonds. The maximum atomic E-state index is 5.16. The zero-order valence-electron chi connectivity index (χ0n) is 24.9. The molecule has 0 N–H and O–H groups in total. The zero-order chi connectivity index (χ0) is 30.2. The Balaban J connectivity index is 1.25. The van der Waals surface area contributed by atoms with Gasteiger partial charge in [-0.15, -0.1) is 0 Å². The van der Waals surface area contributed by atoms with Crippen molar-refractivity contribution in [2.45, 2.75) is 0 Å². The number of nitrogens with zero attached hydrogens (tertiary/aromatic N) is 3. The van der Waals surface area contributed by atoms with Crippen LogP contribution in [0.15, 0.2) is 164 Å². The van der Waals surface area contributed by atoms with E-state index >= 15 is 0 Å². The van der Waals surface area contributed by atoms with E-state index in [-0.39, 0.29) is 0 Å². The molecule has 0 fully saturated rings. The molecule has 0 spiro atoms. The average Bonchev–Trinajstić information content (AvgIpc) is 3.47. The lowest BCUT2D eigenvalue weighted by Crippen LogP contribution is -2.10. The second kappa shape index (κ2) is 9.65. The highest BCUT2D eigenvalue weighted by Crippen LogP contribution is 2.51. The first-order valence-corrected chi connectivity index (χ1v) is 15.7. The van der Waals surface area contributed by atoms with Gasteiger partial charge in [0.25, 0.3) is 0 Å². The number of benzene rings is 7. The first-order chi connectivity index (χ1) is 22.8. The van der Waals surface area contributed by atoms with Crippen LogP contribution < -0.4 is 4.90 Å². The Morgan fingerprint density at radius 2 is 1.02 bits per heavy atom. The van der Waals surface area contributed by atoms with Gasteiger partial charge in [0.05, 0.1) is 27.9 Å². The van der Waals surface area contributed by atoms with Crippen molar-refractivity contribution >= 4 is 55.4 Å². The summed E-state index contributed by atoms with van der Waals surface area (Å²) in [6.07, 6.45) is 0. The maximum absolute atomic E-state index is 5.16. The Bertz CT molecular complexity index is 2650. The highest BCUT2D eigenvalue weighted by Gasteiger charge is 2.26. The molecule has 1 aliphatic rings. The minimum absolute atomic E-state index is 0.988. The predicted octanol–water partition coefficient (Wildman–Crippen LogP) is 11.6. The molecule has 7 aromatic carbocycles. The number of hydrogen-bond donors (Lipinski definition) is 0. The summed E-state index contributed by atoms with van der Waals surface area (Å²) in [7, 11) is 0. The van der Waals surface area contributed by atoms with Gasteiger partial charge in [0, 0.05) is 27.6 Å². The van der Waals surface area contributed by atoms with Gasteiger partial charge in [-0.2, -0.15) is 0 Å². The topological polar surface area (TPSA) is 20.5 Å². The minimum atomic E-state index is 0.988. The van der Waals surface area contributed by atoms with Gasteiger partial charge in [0.2, 0.25) is 0 Å². The summed E-state index contributed by atoms with van der Waals surface area (Å²) in [6.45, 7) is 0. The standard InChI is InChI=1S/C43H27N3/c1-2-12-30(13-3-1)45-39-19-9-6-16-34(39)31-14-4-5-15-32(31)36-26-29(23-25-41(36)45)28-22-24-33-35-17-7-10-20-40(35)46-42-21-11-8-18-38(42)44-43(46)37(33)27-28/h1-27H. The average molecular weight is 586 g/mol. The summed E-state index contributed by atoms with van der Waals surface area (Å²) >= 11 is 0. The van der Waals surface area contributed by atoms with E-state index in [2.05, 4.69) is 173 Å². The van der Waals surface area contributed by atoms with Crippen molar-refractivity contribution in [1.29, 1.82) is 0 Å². The first-order valence-electron chi connectivity index (χ1n) is 15.7. The molecule has 0 radical (unpaired) electrons. The van der Waals surface area contributed by atoms with Crippen molar-refractivity contribution in [2.24, 2.45) is 0 Å². The molecule has 0 atom stereocenters. The van der Waals surface area contributed by atoms with Crippen LogP contribution in [0, 0.1) is 0 Å². The number of pyridine rings is 1. The van der Waals surface area contributed by atoms with Gasteiger partial charge >= 0.3 is 0 Å². The Kier molecular flexibility index (Phi) is 5.28. The van der Waals surface area contributed by atoms with E-state index in [0.29, 0.717) is 0 Å². The van der Waals surface area contributed by atoms with E-state index in [9.17, 15) is 0 Å². The van der Waals surface area contributed by atoms with Gasteiger partial charge in [0.15, 0.2) is 0 Å². The molecule has 0 bridgehead atoms. The SMILES string of the molecule is c1ccc(N2c3ccccc3-c3ccccc3-c3cc(-c4ccc5c6ccccc6n6c7ccccc7nc6c5c4)ccc32)cc1.